The second kappa shape index (κ2) is 5.28. The van der Waals surface area contributed by atoms with Crippen molar-refractivity contribution in [1.82, 2.24) is 5.43 Å². The van der Waals surface area contributed by atoms with E-state index in [0.717, 1.165) is 10.6 Å². The number of hydrogen-bond donors (Lipinski definition) is 2. The van der Waals surface area contributed by atoms with Crippen LogP contribution in [0.3, 0.4) is 0 Å². The monoisotopic (exact) mass is 267 g/mol. The lowest BCUT2D eigenvalue weighted by Gasteiger charge is -2.28. The number of thioether (sulfide) groups is 1. The largest absolute Gasteiger partial charge is 0.497 e. The number of nitrogens with one attached hydrogen (secondary N) is 1. The molecule has 0 saturated heterocycles. The fraction of sp³-hybridized carbons (Fsp3) is 0.273. The molecule has 0 aliphatic carbocycles. The lowest BCUT2D eigenvalue weighted by Crippen LogP contribution is -2.45. The molecule has 0 atom stereocenters. The van der Waals surface area contributed by atoms with Crippen LogP contribution in [-0.4, -0.2) is 31.2 Å². The smallest absolute Gasteiger partial charge is 0.253 e. The fourth-order valence-corrected chi connectivity index (χ4v) is 2.63. The van der Waals surface area contributed by atoms with E-state index in [9.17, 15) is 9.59 Å². The van der Waals surface area contributed by atoms with Crippen molar-refractivity contribution in [3.63, 3.8) is 0 Å². The number of ether oxygens (including phenoxy) is 1. The molecule has 96 valence electrons. The maximum absolute atomic E-state index is 11.8. The highest BCUT2D eigenvalue weighted by Gasteiger charge is 2.26. The second-order valence-corrected chi connectivity index (χ2v) is 4.69. The summed E-state index contributed by atoms with van der Waals surface area (Å²) in [6.07, 6.45) is 0. The standard InChI is InChI=1S/C11H13N3O3S/c1-17-7-2-3-8-9(4-7)18-6-11(16)14(8)5-10(15)13-12/h2-4H,5-6,12H2,1H3,(H,13,15). The summed E-state index contributed by atoms with van der Waals surface area (Å²) in [6.45, 7) is -0.0742. The SMILES string of the molecule is COc1ccc2c(c1)SCC(=O)N2CC(=O)NN. The summed E-state index contributed by atoms with van der Waals surface area (Å²) in [5.41, 5.74) is 2.73. The summed E-state index contributed by atoms with van der Waals surface area (Å²) in [6, 6.07) is 5.37. The van der Waals surface area contributed by atoms with Gasteiger partial charge in [-0.15, -0.1) is 11.8 Å². The predicted octanol–water partition coefficient (Wildman–Crippen LogP) is 0.124. The minimum atomic E-state index is -0.406. The first-order valence-corrected chi connectivity index (χ1v) is 6.25. The second-order valence-electron chi connectivity index (χ2n) is 3.67. The van der Waals surface area contributed by atoms with Crippen molar-refractivity contribution in [2.45, 2.75) is 4.90 Å². The highest BCUT2D eigenvalue weighted by atomic mass is 32.2. The van der Waals surface area contributed by atoms with Gasteiger partial charge in [0.2, 0.25) is 5.91 Å². The number of hydrogen-bond acceptors (Lipinski definition) is 5. The van der Waals surface area contributed by atoms with Gasteiger partial charge in [0.1, 0.15) is 12.3 Å². The van der Waals surface area contributed by atoms with Crippen molar-refractivity contribution in [2.75, 3.05) is 24.3 Å². The molecule has 1 aromatic rings. The number of amides is 2. The summed E-state index contributed by atoms with van der Waals surface area (Å²) in [7, 11) is 1.58. The number of methoxy groups -OCH3 is 1. The Morgan fingerprint density at radius 2 is 2.39 bits per heavy atom. The van der Waals surface area contributed by atoms with Crippen molar-refractivity contribution in [3.05, 3.63) is 18.2 Å². The van der Waals surface area contributed by atoms with Gasteiger partial charge in [-0.2, -0.15) is 0 Å². The first kappa shape index (κ1) is 12.7. The highest BCUT2D eigenvalue weighted by Crippen LogP contribution is 2.37. The molecule has 7 heteroatoms. The van der Waals surface area contributed by atoms with Gasteiger partial charge in [0.05, 0.1) is 18.6 Å². The molecule has 0 spiro atoms. The number of carbonyl (C=O) groups excluding carboxylic acids is 2. The molecule has 1 heterocycles. The molecule has 6 nitrogen and oxygen atoms in total. The molecule has 2 amide bonds. The Morgan fingerprint density at radius 3 is 3.06 bits per heavy atom. The van der Waals surface area contributed by atoms with Gasteiger partial charge in [-0.1, -0.05) is 0 Å². The number of rotatable bonds is 3. The third-order valence-corrected chi connectivity index (χ3v) is 3.60. The molecule has 1 aromatic carbocycles. The Balaban J connectivity index is 2.32. The number of hydrazine groups is 1. The van der Waals surface area contributed by atoms with Crippen molar-refractivity contribution >= 4 is 29.3 Å². The van der Waals surface area contributed by atoms with E-state index in [0.29, 0.717) is 11.4 Å². The van der Waals surface area contributed by atoms with E-state index in [1.165, 1.54) is 16.7 Å². The zero-order valence-electron chi connectivity index (χ0n) is 9.80. The number of anilines is 1. The minimum Gasteiger partial charge on any atom is -0.497 e. The van der Waals surface area contributed by atoms with E-state index in [-0.39, 0.29) is 12.5 Å². The van der Waals surface area contributed by atoms with Crippen LogP contribution < -0.4 is 20.9 Å². The molecule has 1 aliphatic rings. The molecule has 2 rings (SSSR count). The summed E-state index contributed by atoms with van der Waals surface area (Å²) < 4.78 is 5.13. The number of nitrogens with two attached hydrogens (primary N) is 1. The molecular weight excluding hydrogens is 254 g/mol. The van der Waals surface area contributed by atoms with Crippen molar-refractivity contribution in [3.8, 4) is 5.75 Å². The van der Waals surface area contributed by atoms with Crippen LogP contribution in [-0.2, 0) is 9.59 Å². The average molecular weight is 267 g/mol. The van der Waals surface area contributed by atoms with Gasteiger partial charge in [0.15, 0.2) is 0 Å². The van der Waals surface area contributed by atoms with E-state index in [1.807, 2.05) is 11.5 Å². The first-order chi connectivity index (χ1) is 8.65. The number of fused-ring (bicyclic) bond motifs is 1. The van der Waals surface area contributed by atoms with Crippen LogP contribution in [0, 0.1) is 0 Å². The van der Waals surface area contributed by atoms with Crippen LogP contribution >= 0.6 is 11.8 Å². The normalized spacial score (nSPS) is 14.1. The van der Waals surface area contributed by atoms with Gasteiger partial charge in [-0.05, 0) is 18.2 Å². The molecule has 0 unspecified atom stereocenters. The Labute approximate surface area is 108 Å². The number of carbonyl (C=O) groups is 2. The van der Waals surface area contributed by atoms with Crippen molar-refractivity contribution in [2.24, 2.45) is 5.84 Å². The summed E-state index contributed by atoms with van der Waals surface area (Å²) in [5, 5.41) is 0. The molecule has 1 aliphatic heterocycles. The Kier molecular flexibility index (Phi) is 3.73. The van der Waals surface area contributed by atoms with Gasteiger partial charge in [-0.3, -0.25) is 15.0 Å². The van der Waals surface area contributed by atoms with E-state index in [2.05, 4.69) is 0 Å². The third kappa shape index (κ3) is 2.41. The highest BCUT2D eigenvalue weighted by molar-refractivity contribution is 8.00. The van der Waals surface area contributed by atoms with E-state index in [1.54, 1.807) is 19.2 Å². The van der Waals surface area contributed by atoms with Gasteiger partial charge in [0.25, 0.3) is 5.91 Å². The Hall–Kier alpha value is -1.73. The molecule has 3 N–H and O–H groups in total. The van der Waals surface area contributed by atoms with E-state index < -0.39 is 5.91 Å². The van der Waals surface area contributed by atoms with Crippen molar-refractivity contribution in [1.29, 1.82) is 0 Å². The maximum Gasteiger partial charge on any atom is 0.253 e. The van der Waals surface area contributed by atoms with Gasteiger partial charge in [0, 0.05) is 4.90 Å². The lowest BCUT2D eigenvalue weighted by atomic mass is 10.2. The zero-order chi connectivity index (χ0) is 13.1. The first-order valence-electron chi connectivity index (χ1n) is 5.26. The molecular formula is C11H13N3O3S. The summed E-state index contributed by atoms with van der Waals surface area (Å²) >= 11 is 1.43. The summed E-state index contributed by atoms with van der Waals surface area (Å²) in [5.74, 6) is 5.55. The Morgan fingerprint density at radius 1 is 1.61 bits per heavy atom. The van der Waals surface area contributed by atoms with Crippen molar-refractivity contribution < 1.29 is 14.3 Å². The molecule has 0 aromatic heterocycles. The molecule has 0 saturated carbocycles. The fourth-order valence-electron chi connectivity index (χ4n) is 1.67. The molecule has 0 radical (unpaired) electrons. The Bertz CT molecular complexity index is 492. The van der Waals surface area contributed by atoms with Crippen LogP contribution in [0.4, 0.5) is 5.69 Å². The molecule has 0 bridgehead atoms. The number of nitrogens with zero attached hydrogens (tertiary/aromatic N) is 1. The topological polar surface area (TPSA) is 84.7 Å². The quantitative estimate of drug-likeness (QED) is 0.462. The lowest BCUT2D eigenvalue weighted by molar-refractivity contribution is -0.123. The minimum absolute atomic E-state index is 0.0742. The van der Waals surface area contributed by atoms with E-state index in [4.69, 9.17) is 10.6 Å². The average Bonchev–Trinajstić information content (AvgIpc) is 2.41. The van der Waals surface area contributed by atoms with Gasteiger partial charge >= 0.3 is 0 Å². The molecule has 0 fully saturated rings. The van der Waals surface area contributed by atoms with Crippen LogP contribution in [0.5, 0.6) is 5.75 Å². The zero-order valence-corrected chi connectivity index (χ0v) is 10.6. The van der Waals surface area contributed by atoms with Crippen LogP contribution in [0.25, 0.3) is 0 Å². The van der Waals surface area contributed by atoms with Crippen LogP contribution in [0.2, 0.25) is 0 Å². The van der Waals surface area contributed by atoms with E-state index >= 15 is 0 Å². The van der Waals surface area contributed by atoms with Gasteiger partial charge < -0.3 is 9.64 Å². The number of benzene rings is 1. The van der Waals surface area contributed by atoms with Gasteiger partial charge in [-0.25, -0.2) is 5.84 Å². The predicted molar refractivity (Wildman–Crippen MR) is 68.4 cm³/mol. The van der Waals surface area contributed by atoms with Crippen LogP contribution in [0.15, 0.2) is 23.1 Å². The maximum atomic E-state index is 11.8. The third-order valence-electron chi connectivity index (χ3n) is 2.57. The molecule has 18 heavy (non-hydrogen) atoms. The van der Waals surface area contributed by atoms with Crippen LogP contribution in [0.1, 0.15) is 0 Å². The summed E-state index contributed by atoms with van der Waals surface area (Å²) in [4.78, 5) is 25.5.